The molecule has 4 aliphatic carbocycles. The molecule has 6 nitrogen and oxygen atoms in total. The van der Waals surface area contributed by atoms with Gasteiger partial charge < -0.3 is 4.74 Å². The van der Waals surface area contributed by atoms with E-state index in [9.17, 15) is 14.4 Å². The lowest BCUT2D eigenvalue weighted by Gasteiger charge is -2.61. The number of hydroxylamine groups is 2. The molecule has 1 heterocycles. The van der Waals surface area contributed by atoms with E-state index in [1.54, 1.807) is 0 Å². The molecule has 0 aromatic carbocycles. The SMILES string of the molecule is CC(C)CCC[C@@H](C)[C@H]1CC[C@H]2[C@@H]3CCC4C[C@@H](OC(=O)ON5C(=O)CCC5=O)CC[C@]4(C)[C@H]3CC[C@]12C. The first-order valence-corrected chi connectivity index (χ1v) is 15.8. The van der Waals surface area contributed by atoms with Gasteiger partial charge in [-0.1, -0.05) is 58.9 Å². The standard InChI is InChI=1S/C32H51NO5/c1-20(2)7-6-8-21(3)25-11-12-26-24-10-9-22-19-23(37-30(36)38-33-28(34)13-14-29(33)35)15-17-31(22,4)27(24)16-18-32(25,26)5/h20-27H,6-19H2,1-5H3/t21-,22?,23+,24+,25-,26+,27+,31+,32-/m1/s1. The summed E-state index contributed by atoms with van der Waals surface area (Å²) in [5.41, 5.74) is 0.825. The van der Waals surface area contributed by atoms with Gasteiger partial charge in [-0.25, -0.2) is 4.79 Å². The fourth-order valence-electron chi connectivity index (χ4n) is 10.2. The van der Waals surface area contributed by atoms with Gasteiger partial charge in [-0.3, -0.25) is 14.4 Å². The van der Waals surface area contributed by atoms with Crippen LogP contribution in [0.25, 0.3) is 0 Å². The summed E-state index contributed by atoms with van der Waals surface area (Å²) in [7, 11) is 0. The number of amides is 2. The van der Waals surface area contributed by atoms with Crippen molar-refractivity contribution in [1.82, 2.24) is 5.06 Å². The molecule has 6 heteroatoms. The second kappa shape index (κ2) is 10.8. The molecule has 1 unspecified atom stereocenters. The molecule has 0 N–H and O–H groups in total. The number of nitrogens with zero attached hydrogens (tertiary/aromatic N) is 1. The molecular formula is C32H51NO5. The van der Waals surface area contributed by atoms with Crippen LogP contribution in [0.1, 0.15) is 125 Å². The highest BCUT2D eigenvalue weighted by Crippen LogP contribution is 2.68. The topological polar surface area (TPSA) is 72.9 Å². The van der Waals surface area contributed by atoms with E-state index in [4.69, 9.17) is 9.57 Å². The zero-order chi connectivity index (χ0) is 27.2. The summed E-state index contributed by atoms with van der Waals surface area (Å²) in [4.78, 5) is 40.9. The van der Waals surface area contributed by atoms with Crippen molar-refractivity contribution in [2.45, 2.75) is 131 Å². The minimum Gasteiger partial charge on any atom is -0.429 e. The Morgan fingerprint density at radius 1 is 0.895 bits per heavy atom. The predicted molar refractivity (Wildman–Crippen MR) is 146 cm³/mol. The lowest BCUT2D eigenvalue weighted by Crippen LogP contribution is -2.54. The highest BCUT2D eigenvalue weighted by atomic mass is 16.8. The zero-order valence-corrected chi connectivity index (χ0v) is 24.5. The Labute approximate surface area is 229 Å². The van der Waals surface area contributed by atoms with Gasteiger partial charge in [0, 0.05) is 12.8 Å². The predicted octanol–water partition coefficient (Wildman–Crippen LogP) is 7.69. The van der Waals surface area contributed by atoms with Crippen LogP contribution < -0.4 is 0 Å². The van der Waals surface area contributed by atoms with Crippen molar-refractivity contribution in [3.63, 3.8) is 0 Å². The second-order valence-corrected chi connectivity index (χ2v) is 14.6. The summed E-state index contributed by atoms with van der Waals surface area (Å²) in [6.45, 7) is 12.4. The normalized spacial score (nSPS) is 41.5. The monoisotopic (exact) mass is 529 g/mol. The first-order chi connectivity index (χ1) is 18.0. The minimum atomic E-state index is -0.913. The quantitative estimate of drug-likeness (QED) is 0.250. The largest absolute Gasteiger partial charge is 0.534 e. The number of hydrogen-bond donors (Lipinski definition) is 0. The van der Waals surface area contributed by atoms with Gasteiger partial charge in [-0.05, 0) is 110 Å². The molecule has 0 aromatic rings. The molecule has 0 bridgehead atoms. The molecule has 9 atom stereocenters. The maximum absolute atomic E-state index is 12.4. The van der Waals surface area contributed by atoms with Crippen LogP contribution in [0.4, 0.5) is 4.79 Å². The molecule has 5 rings (SSSR count). The maximum Gasteiger partial charge on any atom is 0.534 e. The number of imide groups is 1. The zero-order valence-electron chi connectivity index (χ0n) is 24.5. The van der Waals surface area contributed by atoms with Crippen LogP contribution in [-0.4, -0.2) is 29.1 Å². The third-order valence-electron chi connectivity index (χ3n) is 12.3. The lowest BCUT2D eigenvalue weighted by molar-refractivity contribution is -0.181. The summed E-state index contributed by atoms with van der Waals surface area (Å²) in [6, 6.07) is 0. The van der Waals surface area contributed by atoms with Crippen LogP contribution in [0, 0.1) is 52.3 Å². The molecule has 4 saturated carbocycles. The van der Waals surface area contributed by atoms with Crippen molar-refractivity contribution in [3.05, 3.63) is 0 Å². The summed E-state index contributed by atoms with van der Waals surface area (Å²) in [5.74, 6) is 4.65. The van der Waals surface area contributed by atoms with Gasteiger partial charge in [0.1, 0.15) is 6.10 Å². The van der Waals surface area contributed by atoms with Crippen LogP contribution >= 0.6 is 0 Å². The number of carbonyl (C=O) groups is 3. The van der Waals surface area contributed by atoms with Gasteiger partial charge in [-0.2, -0.15) is 0 Å². The molecule has 1 saturated heterocycles. The van der Waals surface area contributed by atoms with Crippen LogP contribution in [0.2, 0.25) is 0 Å². The van der Waals surface area contributed by atoms with E-state index in [1.807, 2.05) is 0 Å². The van der Waals surface area contributed by atoms with Crippen molar-refractivity contribution in [3.8, 4) is 0 Å². The van der Waals surface area contributed by atoms with Crippen molar-refractivity contribution in [1.29, 1.82) is 0 Å². The van der Waals surface area contributed by atoms with Crippen molar-refractivity contribution < 1.29 is 24.0 Å². The third-order valence-corrected chi connectivity index (χ3v) is 12.3. The number of carbonyl (C=O) groups excluding carboxylic acids is 3. The Balaban J connectivity index is 1.18. The van der Waals surface area contributed by atoms with Gasteiger partial charge in [-0.15, -0.1) is 0 Å². The van der Waals surface area contributed by atoms with Crippen LogP contribution in [0.15, 0.2) is 0 Å². The number of rotatable bonds is 7. The van der Waals surface area contributed by atoms with Gasteiger partial charge in [0.25, 0.3) is 11.8 Å². The van der Waals surface area contributed by atoms with E-state index in [2.05, 4.69) is 34.6 Å². The number of ether oxygens (including phenoxy) is 1. The van der Waals surface area contributed by atoms with E-state index >= 15 is 0 Å². The van der Waals surface area contributed by atoms with Crippen molar-refractivity contribution in [2.75, 3.05) is 0 Å². The molecule has 0 radical (unpaired) electrons. The molecule has 5 fully saturated rings. The minimum absolute atomic E-state index is 0.0936. The van der Waals surface area contributed by atoms with E-state index in [-0.39, 0.29) is 18.9 Å². The fraction of sp³-hybridized carbons (Fsp3) is 0.906. The average Bonchev–Trinajstić information content (AvgIpc) is 3.38. The van der Waals surface area contributed by atoms with Crippen LogP contribution in [0.5, 0.6) is 0 Å². The van der Waals surface area contributed by atoms with Gasteiger partial charge >= 0.3 is 6.16 Å². The van der Waals surface area contributed by atoms with Crippen LogP contribution in [0.3, 0.4) is 0 Å². The Morgan fingerprint density at radius 3 is 2.29 bits per heavy atom. The summed E-state index contributed by atoms with van der Waals surface area (Å²) in [6.07, 6.45) is 14.1. The Kier molecular flexibility index (Phi) is 7.92. The Bertz CT molecular complexity index is 902. The molecule has 5 aliphatic rings. The highest BCUT2D eigenvalue weighted by Gasteiger charge is 2.60. The van der Waals surface area contributed by atoms with E-state index in [1.165, 1.54) is 57.8 Å². The summed E-state index contributed by atoms with van der Waals surface area (Å²) < 4.78 is 5.65. The molecule has 0 aromatic heterocycles. The van der Waals surface area contributed by atoms with E-state index < -0.39 is 18.0 Å². The number of hydrogen-bond acceptors (Lipinski definition) is 5. The second-order valence-electron chi connectivity index (χ2n) is 14.6. The summed E-state index contributed by atoms with van der Waals surface area (Å²) >= 11 is 0. The first kappa shape index (κ1) is 28.0. The van der Waals surface area contributed by atoms with Crippen molar-refractivity contribution in [2.24, 2.45) is 52.3 Å². The summed E-state index contributed by atoms with van der Waals surface area (Å²) in [5, 5.41) is 0.583. The maximum atomic E-state index is 12.4. The average molecular weight is 530 g/mol. The smallest absolute Gasteiger partial charge is 0.429 e. The molecule has 0 spiro atoms. The van der Waals surface area contributed by atoms with Gasteiger partial charge in [0.15, 0.2) is 0 Å². The lowest BCUT2D eigenvalue weighted by atomic mass is 9.44. The van der Waals surface area contributed by atoms with Gasteiger partial charge in [0.2, 0.25) is 0 Å². The molecule has 2 amide bonds. The van der Waals surface area contributed by atoms with E-state index in [0.29, 0.717) is 21.8 Å². The molecule has 214 valence electrons. The molecule has 38 heavy (non-hydrogen) atoms. The van der Waals surface area contributed by atoms with Crippen molar-refractivity contribution >= 4 is 18.0 Å². The Hall–Kier alpha value is -1.59. The fourth-order valence-corrected chi connectivity index (χ4v) is 10.2. The highest BCUT2D eigenvalue weighted by molar-refractivity contribution is 6.01. The van der Waals surface area contributed by atoms with Crippen LogP contribution in [-0.2, 0) is 19.2 Å². The number of fused-ring (bicyclic) bond motifs is 5. The third kappa shape index (κ3) is 5.03. The molecule has 1 aliphatic heterocycles. The Morgan fingerprint density at radius 2 is 1.58 bits per heavy atom. The first-order valence-electron chi connectivity index (χ1n) is 15.8. The van der Waals surface area contributed by atoms with Gasteiger partial charge in [0.05, 0.1) is 0 Å². The molecular weight excluding hydrogens is 478 g/mol. The van der Waals surface area contributed by atoms with E-state index in [0.717, 1.165) is 54.8 Å².